The summed E-state index contributed by atoms with van der Waals surface area (Å²) in [6, 6.07) is 8.46. The van der Waals surface area contributed by atoms with E-state index in [-0.39, 0.29) is 28.1 Å². The zero-order chi connectivity index (χ0) is 18.3. The van der Waals surface area contributed by atoms with Gasteiger partial charge in [-0.05, 0) is 37.3 Å². The molecule has 2 aromatic rings. The lowest BCUT2D eigenvalue weighted by Crippen LogP contribution is -2.30. The minimum atomic E-state index is -1.19. The summed E-state index contributed by atoms with van der Waals surface area (Å²) in [6.07, 6.45) is 0. The van der Waals surface area contributed by atoms with Crippen LogP contribution in [0.5, 0.6) is 5.75 Å². The molecule has 3 rings (SSSR count). The Morgan fingerprint density at radius 2 is 1.72 bits per heavy atom. The SMILES string of the molecule is CC(=O)Oc1cccc(N2C(=O)c3ccc(C(=O)O)cc3C2=O)c1C. The van der Waals surface area contributed by atoms with E-state index in [9.17, 15) is 19.2 Å². The first-order valence-electron chi connectivity index (χ1n) is 7.35. The van der Waals surface area contributed by atoms with E-state index in [1.54, 1.807) is 25.1 Å². The van der Waals surface area contributed by atoms with Gasteiger partial charge >= 0.3 is 11.9 Å². The number of ether oxygens (including phenoxy) is 1. The van der Waals surface area contributed by atoms with E-state index in [0.717, 1.165) is 4.90 Å². The number of fused-ring (bicyclic) bond motifs is 1. The molecular formula is C18H13NO6. The van der Waals surface area contributed by atoms with Crippen LogP contribution in [0.15, 0.2) is 36.4 Å². The van der Waals surface area contributed by atoms with E-state index in [0.29, 0.717) is 5.56 Å². The van der Waals surface area contributed by atoms with Crippen LogP contribution in [-0.4, -0.2) is 28.9 Å². The van der Waals surface area contributed by atoms with Gasteiger partial charge in [0.25, 0.3) is 11.8 Å². The zero-order valence-electron chi connectivity index (χ0n) is 13.4. The summed E-state index contributed by atoms with van der Waals surface area (Å²) < 4.78 is 5.08. The number of benzene rings is 2. The number of nitrogens with zero attached hydrogens (tertiary/aromatic N) is 1. The van der Waals surface area contributed by atoms with E-state index >= 15 is 0 Å². The summed E-state index contributed by atoms with van der Waals surface area (Å²) in [5.74, 6) is -2.64. The lowest BCUT2D eigenvalue weighted by molar-refractivity contribution is -0.131. The van der Waals surface area contributed by atoms with Gasteiger partial charge in [0.05, 0.1) is 22.4 Å². The maximum atomic E-state index is 12.7. The van der Waals surface area contributed by atoms with Crippen molar-refractivity contribution < 1.29 is 29.0 Å². The van der Waals surface area contributed by atoms with Gasteiger partial charge in [-0.1, -0.05) is 6.07 Å². The number of esters is 1. The molecule has 0 spiro atoms. The highest BCUT2D eigenvalue weighted by Gasteiger charge is 2.38. The Hall–Kier alpha value is -3.48. The molecule has 2 amide bonds. The fourth-order valence-electron chi connectivity index (χ4n) is 2.70. The maximum absolute atomic E-state index is 12.7. The van der Waals surface area contributed by atoms with Gasteiger partial charge < -0.3 is 9.84 Å². The molecule has 126 valence electrons. The molecular weight excluding hydrogens is 326 g/mol. The van der Waals surface area contributed by atoms with Gasteiger partial charge in [0.15, 0.2) is 0 Å². The molecule has 0 saturated carbocycles. The van der Waals surface area contributed by atoms with Crippen LogP contribution in [0.4, 0.5) is 5.69 Å². The lowest BCUT2D eigenvalue weighted by atomic mass is 10.1. The second-order valence-electron chi connectivity index (χ2n) is 5.51. The first-order valence-corrected chi connectivity index (χ1v) is 7.35. The van der Waals surface area contributed by atoms with Crippen molar-refractivity contribution in [3.63, 3.8) is 0 Å². The van der Waals surface area contributed by atoms with Crippen LogP contribution >= 0.6 is 0 Å². The smallest absolute Gasteiger partial charge is 0.335 e. The third kappa shape index (κ3) is 2.65. The van der Waals surface area contributed by atoms with E-state index < -0.39 is 23.8 Å². The summed E-state index contributed by atoms with van der Waals surface area (Å²) >= 11 is 0. The number of rotatable bonds is 3. The highest BCUT2D eigenvalue weighted by Crippen LogP contribution is 2.34. The monoisotopic (exact) mass is 339 g/mol. The van der Waals surface area contributed by atoms with Crippen molar-refractivity contribution in [1.29, 1.82) is 0 Å². The van der Waals surface area contributed by atoms with Crippen molar-refractivity contribution in [2.75, 3.05) is 4.90 Å². The van der Waals surface area contributed by atoms with Gasteiger partial charge in [-0.25, -0.2) is 9.69 Å². The van der Waals surface area contributed by atoms with Crippen LogP contribution in [0.1, 0.15) is 43.6 Å². The molecule has 1 aliphatic heterocycles. The van der Waals surface area contributed by atoms with Crippen molar-refractivity contribution in [2.24, 2.45) is 0 Å². The Balaban J connectivity index is 2.08. The molecule has 0 unspecified atom stereocenters. The number of imide groups is 1. The lowest BCUT2D eigenvalue weighted by Gasteiger charge is -2.18. The highest BCUT2D eigenvalue weighted by molar-refractivity contribution is 6.35. The summed E-state index contributed by atoms with van der Waals surface area (Å²) in [6.45, 7) is 2.88. The number of carboxylic acid groups (broad SMARTS) is 1. The van der Waals surface area contributed by atoms with Crippen molar-refractivity contribution in [2.45, 2.75) is 13.8 Å². The van der Waals surface area contributed by atoms with Crippen molar-refractivity contribution in [1.82, 2.24) is 0 Å². The normalized spacial score (nSPS) is 13.0. The minimum Gasteiger partial charge on any atom is -0.478 e. The van der Waals surface area contributed by atoms with Crippen LogP contribution in [0.25, 0.3) is 0 Å². The number of carbonyl (C=O) groups excluding carboxylic acids is 3. The van der Waals surface area contributed by atoms with Crippen LogP contribution in [0, 0.1) is 6.92 Å². The molecule has 0 aromatic heterocycles. The second-order valence-corrected chi connectivity index (χ2v) is 5.51. The third-order valence-electron chi connectivity index (χ3n) is 3.88. The van der Waals surface area contributed by atoms with Crippen LogP contribution in [0.3, 0.4) is 0 Å². The standard InChI is InChI=1S/C18H13NO6/c1-9-14(4-3-5-15(9)25-10(2)20)19-16(21)12-7-6-11(18(23)24)8-13(12)17(19)22/h3-8H,1-2H3,(H,23,24). The Morgan fingerprint density at radius 3 is 2.36 bits per heavy atom. The largest absolute Gasteiger partial charge is 0.478 e. The number of carbonyl (C=O) groups is 4. The molecule has 2 aromatic carbocycles. The average Bonchev–Trinajstić information content (AvgIpc) is 2.80. The molecule has 1 aliphatic rings. The molecule has 25 heavy (non-hydrogen) atoms. The molecule has 1 heterocycles. The predicted molar refractivity (Wildman–Crippen MR) is 87.0 cm³/mol. The topological polar surface area (TPSA) is 101 Å². The van der Waals surface area contributed by atoms with Gasteiger partial charge in [0, 0.05) is 12.5 Å². The summed E-state index contributed by atoms with van der Waals surface area (Å²) in [4.78, 5) is 48.5. The average molecular weight is 339 g/mol. The first-order chi connectivity index (χ1) is 11.8. The van der Waals surface area contributed by atoms with Crippen LogP contribution in [0.2, 0.25) is 0 Å². The number of hydrogen-bond acceptors (Lipinski definition) is 5. The molecule has 7 nitrogen and oxygen atoms in total. The fourth-order valence-corrected chi connectivity index (χ4v) is 2.70. The number of anilines is 1. The Bertz CT molecular complexity index is 947. The van der Waals surface area contributed by atoms with Gasteiger partial charge in [-0.15, -0.1) is 0 Å². The highest BCUT2D eigenvalue weighted by atomic mass is 16.5. The molecule has 0 fully saturated rings. The maximum Gasteiger partial charge on any atom is 0.335 e. The zero-order valence-corrected chi connectivity index (χ0v) is 13.4. The summed E-state index contributed by atoms with van der Waals surface area (Å²) in [5.41, 5.74) is 0.814. The summed E-state index contributed by atoms with van der Waals surface area (Å²) in [5, 5.41) is 9.06. The fraction of sp³-hybridized carbons (Fsp3) is 0.111. The molecule has 0 bridgehead atoms. The molecule has 0 radical (unpaired) electrons. The quantitative estimate of drug-likeness (QED) is 0.523. The number of hydrogen-bond donors (Lipinski definition) is 1. The number of amides is 2. The first kappa shape index (κ1) is 16.4. The van der Waals surface area contributed by atoms with E-state index in [4.69, 9.17) is 9.84 Å². The molecule has 7 heteroatoms. The Morgan fingerprint density at radius 1 is 1.04 bits per heavy atom. The van der Waals surface area contributed by atoms with Gasteiger partial charge in [-0.2, -0.15) is 0 Å². The van der Waals surface area contributed by atoms with Gasteiger partial charge in [0.2, 0.25) is 0 Å². The van der Waals surface area contributed by atoms with Crippen molar-refractivity contribution in [3.05, 3.63) is 58.7 Å². The predicted octanol–water partition coefficient (Wildman–Crippen LogP) is 2.42. The Kier molecular flexibility index (Phi) is 3.84. The van der Waals surface area contributed by atoms with E-state index in [2.05, 4.69) is 0 Å². The van der Waals surface area contributed by atoms with E-state index in [1.165, 1.54) is 25.1 Å². The van der Waals surface area contributed by atoms with Crippen LogP contribution in [-0.2, 0) is 4.79 Å². The number of carboxylic acids is 1. The minimum absolute atomic E-state index is 0.0298. The second kappa shape index (κ2) is 5.86. The van der Waals surface area contributed by atoms with Crippen molar-refractivity contribution >= 4 is 29.4 Å². The summed E-state index contributed by atoms with van der Waals surface area (Å²) in [7, 11) is 0. The number of aromatic carboxylic acids is 1. The Labute approximate surface area is 142 Å². The van der Waals surface area contributed by atoms with Crippen LogP contribution < -0.4 is 9.64 Å². The van der Waals surface area contributed by atoms with Gasteiger partial charge in [-0.3, -0.25) is 14.4 Å². The van der Waals surface area contributed by atoms with E-state index in [1.807, 2.05) is 0 Å². The van der Waals surface area contributed by atoms with Crippen molar-refractivity contribution in [3.8, 4) is 5.75 Å². The van der Waals surface area contributed by atoms with Gasteiger partial charge in [0.1, 0.15) is 5.75 Å². The molecule has 0 aliphatic carbocycles. The molecule has 0 atom stereocenters. The molecule has 1 N–H and O–H groups in total. The molecule has 0 saturated heterocycles. The third-order valence-corrected chi connectivity index (χ3v) is 3.88.